The Morgan fingerprint density at radius 1 is 1.06 bits per heavy atom. The summed E-state index contributed by atoms with van der Waals surface area (Å²) in [5.41, 5.74) is 0.959. The highest BCUT2D eigenvalue weighted by Gasteiger charge is 2.17. The molecule has 0 aliphatic heterocycles. The molecule has 0 amide bonds. The van der Waals surface area contributed by atoms with Crippen molar-refractivity contribution in [2.24, 2.45) is 0 Å². The first-order chi connectivity index (χ1) is 14.9. The van der Waals surface area contributed by atoms with Crippen LogP contribution in [0.2, 0.25) is 0 Å². The Morgan fingerprint density at radius 2 is 1.81 bits per heavy atom. The van der Waals surface area contributed by atoms with Crippen molar-refractivity contribution in [3.05, 3.63) is 98.2 Å². The number of rotatable bonds is 8. The number of hydrogen-bond acceptors (Lipinski definition) is 8. The van der Waals surface area contributed by atoms with Gasteiger partial charge < -0.3 is 10.1 Å². The lowest BCUT2D eigenvalue weighted by atomic mass is 10.1. The van der Waals surface area contributed by atoms with E-state index in [-0.39, 0.29) is 22.7 Å². The van der Waals surface area contributed by atoms with Gasteiger partial charge in [-0.3, -0.25) is 25.0 Å². The number of allylic oxidation sites excluding steroid dienone is 1. The molecule has 0 aliphatic carbocycles. The van der Waals surface area contributed by atoms with Gasteiger partial charge in [0, 0.05) is 41.2 Å². The van der Waals surface area contributed by atoms with Gasteiger partial charge in [0.05, 0.1) is 17.0 Å². The third-order valence-corrected chi connectivity index (χ3v) is 4.25. The van der Waals surface area contributed by atoms with E-state index in [1.54, 1.807) is 30.5 Å². The van der Waals surface area contributed by atoms with Crippen LogP contribution >= 0.6 is 0 Å². The Kier molecular flexibility index (Phi) is 6.31. The average molecular weight is 420 g/mol. The lowest BCUT2D eigenvalue weighted by molar-refractivity contribution is -0.385. The Bertz CT molecular complexity index is 1170. The Morgan fingerprint density at radius 3 is 2.45 bits per heavy atom. The van der Waals surface area contributed by atoms with E-state index >= 15 is 0 Å². The highest BCUT2D eigenvalue weighted by atomic mass is 16.6. The maximum atomic E-state index is 12.5. The largest absolute Gasteiger partial charge is 0.490 e. The van der Waals surface area contributed by atoms with Gasteiger partial charge in [-0.2, -0.15) is 0 Å². The highest BCUT2D eigenvalue weighted by molar-refractivity contribution is 6.07. The van der Waals surface area contributed by atoms with Gasteiger partial charge in [-0.05, 0) is 48.6 Å². The van der Waals surface area contributed by atoms with Crippen molar-refractivity contribution in [2.45, 2.75) is 0 Å². The van der Waals surface area contributed by atoms with Crippen molar-refractivity contribution < 1.29 is 19.4 Å². The number of ether oxygens (including phenoxy) is 1. The number of nitro groups is 2. The molecule has 0 unspecified atom stereocenters. The number of anilines is 2. The Hall–Kier alpha value is -4.60. The number of nitro benzene ring substituents is 2. The standard InChI is InChI=1S/C21H16N4O6/c1-31-20-11-5-15(13-18(20)25(29)30)19(26)10-4-14-3-2-12-22-21(14)23-16-6-8-17(9-7-16)24(27)28/h2-13H,1H3,(H,22,23). The fourth-order valence-corrected chi connectivity index (χ4v) is 2.71. The molecule has 31 heavy (non-hydrogen) atoms. The van der Waals surface area contributed by atoms with Crippen LogP contribution in [-0.4, -0.2) is 27.7 Å². The number of hydrogen-bond donors (Lipinski definition) is 1. The van der Waals surface area contributed by atoms with Crippen LogP contribution in [0.15, 0.2) is 66.9 Å². The van der Waals surface area contributed by atoms with Crippen molar-refractivity contribution in [3.63, 3.8) is 0 Å². The zero-order chi connectivity index (χ0) is 22.4. The van der Waals surface area contributed by atoms with E-state index < -0.39 is 15.6 Å². The van der Waals surface area contributed by atoms with E-state index in [4.69, 9.17) is 4.74 Å². The molecule has 10 nitrogen and oxygen atoms in total. The van der Waals surface area contributed by atoms with Crippen LogP contribution < -0.4 is 10.1 Å². The van der Waals surface area contributed by atoms with Crippen LogP contribution in [0.4, 0.5) is 22.9 Å². The van der Waals surface area contributed by atoms with Crippen LogP contribution in [-0.2, 0) is 0 Å². The van der Waals surface area contributed by atoms with E-state index in [9.17, 15) is 25.0 Å². The summed E-state index contributed by atoms with van der Waals surface area (Å²) in [6.07, 6.45) is 4.36. The summed E-state index contributed by atoms with van der Waals surface area (Å²) in [5.74, 6) is 0.0596. The summed E-state index contributed by atoms with van der Waals surface area (Å²) < 4.78 is 4.94. The van der Waals surface area contributed by atoms with Crippen molar-refractivity contribution in [2.75, 3.05) is 12.4 Å². The molecule has 0 saturated carbocycles. The molecule has 0 saturated heterocycles. The second-order valence-corrected chi connectivity index (χ2v) is 6.21. The van der Waals surface area contributed by atoms with Crippen molar-refractivity contribution in [3.8, 4) is 5.75 Å². The van der Waals surface area contributed by atoms with Crippen molar-refractivity contribution >= 4 is 34.7 Å². The van der Waals surface area contributed by atoms with Crippen LogP contribution in [0.25, 0.3) is 6.08 Å². The lowest BCUT2D eigenvalue weighted by Crippen LogP contribution is -2.00. The molecule has 1 N–H and O–H groups in total. The summed E-state index contributed by atoms with van der Waals surface area (Å²) in [6.45, 7) is 0. The van der Waals surface area contributed by atoms with Gasteiger partial charge in [-0.1, -0.05) is 0 Å². The molecule has 0 spiro atoms. The number of methoxy groups -OCH3 is 1. The molecular formula is C21H16N4O6. The third kappa shape index (κ3) is 5.07. The lowest BCUT2D eigenvalue weighted by Gasteiger charge is -2.08. The van der Waals surface area contributed by atoms with Gasteiger partial charge in [0.25, 0.3) is 5.69 Å². The zero-order valence-corrected chi connectivity index (χ0v) is 16.2. The van der Waals surface area contributed by atoms with Crippen LogP contribution in [0.5, 0.6) is 5.75 Å². The monoisotopic (exact) mass is 420 g/mol. The summed E-state index contributed by atoms with van der Waals surface area (Å²) in [4.78, 5) is 37.6. The molecule has 0 atom stereocenters. The van der Waals surface area contributed by atoms with Gasteiger partial charge in [-0.15, -0.1) is 0 Å². The predicted octanol–water partition coefficient (Wildman–Crippen LogP) is 4.55. The maximum Gasteiger partial charge on any atom is 0.311 e. The molecule has 156 valence electrons. The van der Waals surface area contributed by atoms with Crippen LogP contribution in [0.1, 0.15) is 15.9 Å². The molecule has 0 radical (unpaired) electrons. The predicted molar refractivity (Wildman–Crippen MR) is 114 cm³/mol. The van der Waals surface area contributed by atoms with E-state index in [1.807, 2.05) is 0 Å². The second-order valence-electron chi connectivity index (χ2n) is 6.21. The van der Waals surface area contributed by atoms with Crippen molar-refractivity contribution in [1.29, 1.82) is 0 Å². The van der Waals surface area contributed by atoms with Gasteiger partial charge in [-0.25, -0.2) is 4.98 Å². The average Bonchev–Trinajstić information content (AvgIpc) is 2.78. The number of nitrogens with zero attached hydrogens (tertiary/aromatic N) is 3. The van der Waals surface area contributed by atoms with Gasteiger partial charge in [0.2, 0.25) is 0 Å². The minimum absolute atomic E-state index is 0.0362. The fraction of sp³-hybridized carbons (Fsp3) is 0.0476. The minimum Gasteiger partial charge on any atom is -0.490 e. The van der Waals surface area contributed by atoms with E-state index in [0.717, 1.165) is 6.07 Å². The molecule has 1 aromatic heterocycles. The zero-order valence-electron chi connectivity index (χ0n) is 16.2. The van der Waals surface area contributed by atoms with E-state index in [0.29, 0.717) is 17.1 Å². The number of ketones is 1. The number of pyridine rings is 1. The maximum absolute atomic E-state index is 12.5. The van der Waals surface area contributed by atoms with E-state index in [1.165, 1.54) is 43.5 Å². The fourth-order valence-electron chi connectivity index (χ4n) is 2.71. The van der Waals surface area contributed by atoms with Gasteiger partial charge in [0.1, 0.15) is 5.82 Å². The molecule has 2 aromatic carbocycles. The normalized spacial score (nSPS) is 10.6. The number of carbonyl (C=O) groups is 1. The summed E-state index contributed by atoms with van der Waals surface area (Å²) in [5, 5.41) is 25.0. The molecule has 3 rings (SSSR count). The molecule has 0 aliphatic rings. The number of non-ortho nitro benzene ring substituents is 1. The van der Waals surface area contributed by atoms with Gasteiger partial charge in [0.15, 0.2) is 11.5 Å². The van der Waals surface area contributed by atoms with Crippen LogP contribution in [0.3, 0.4) is 0 Å². The first-order valence-corrected chi connectivity index (χ1v) is 8.90. The third-order valence-electron chi connectivity index (χ3n) is 4.25. The second kappa shape index (κ2) is 9.27. The Labute approximate surface area is 176 Å². The Balaban J connectivity index is 1.81. The molecule has 0 bridgehead atoms. The molecular weight excluding hydrogens is 404 g/mol. The number of aromatic nitrogens is 1. The van der Waals surface area contributed by atoms with Gasteiger partial charge >= 0.3 is 5.69 Å². The summed E-state index contributed by atoms with van der Waals surface area (Å²) in [7, 11) is 1.31. The number of benzene rings is 2. The minimum atomic E-state index is -0.618. The van der Waals surface area contributed by atoms with Crippen molar-refractivity contribution in [1.82, 2.24) is 4.98 Å². The quantitative estimate of drug-likeness (QED) is 0.242. The molecule has 10 heteroatoms. The summed E-state index contributed by atoms with van der Waals surface area (Å²) >= 11 is 0. The number of carbonyl (C=O) groups excluding carboxylic acids is 1. The van der Waals surface area contributed by atoms with Crippen LogP contribution in [0, 0.1) is 20.2 Å². The number of nitrogens with one attached hydrogen (secondary N) is 1. The SMILES string of the molecule is COc1ccc(C(=O)C=Cc2cccnc2Nc2ccc([N+](=O)[O-])cc2)cc1[N+](=O)[O-]. The molecule has 3 aromatic rings. The smallest absolute Gasteiger partial charge is 0.311 e. The molecule has 0 fully saturated rings. The highest BCUT2D eigenvalue weighted by Crippen LogP contribution is 2.28. The summed E-state index contributed by atoms with van der Waals surface area (Å²) in [6, 6.07) is 13.2. The first-order valence-electron chi connectivity index (χ1n) is 8.90. The van der Waals surface area contributed by atoms with E-state index in [2.05, 4.69) is 10.3 Å². The topological polar surface area (TPSA) is 138 Å². The molecule has 1 heterocycles. The first kappa shape index (κ1) is 21.1.